The molecule has 0 N–H and O–H groups in total. The third-order valence-corrected chi connectivity index (χ3v) is 3.91. The van der Waals surface area contributed by atoms with E-state index in [1.54, 1.807) is 12.1 Å². The van der Waals surface area contributed by atoms with Crippen LogP contribution in [0.3, 0.4) is 0 Å². The largest absolute Gasteiger partial charge is 0.368 e. The molecule has 0 aromatic heterocycles. The van der Waals surface area contributed by atoms with Gasteiger partial charge in [-0.15, -0.1) is 0 Å². The van der Waals surface area contributed by atoms with Gasteiger partial charge in [0.2, 0.25) is 0 Å². The molecular weight excluding hydrogens is 267 g/mol. The van der Waals surface area contributed by atoms with Crippen LogP contribution in [0.25, 0.3) is 0 Å². The van der Waals surface area contributed by atoms with Gasteiger partial charge in [0.25, 0.3) is 0 Å². The summed E-state index contributed by atoms with van der Waals surface area (Å²) in [5.41, 5.74) is 0.762. The van der Waals surface area contributed by atoms with Gasteiger partial charge in [-0.1, -0.05) is 19.4 Å². The van der Waals surface area contributed by atoms with E-state index >= 15 is 0 Å². The van der Waals surface area contributed by atoms with E-state index in [1.165, 1.54) is 6.07 Å². The summed E-state index contributed by atoms with van der Waals surface area (Å²) in [6.07, 6.45) is 1.86. The molecule has 1 aromatic rings. The molecule has 4 nitrogen and oxygen atoms in total. The van der Waals surface area contributed by atoms with Crippen molar-refractivity contribution in [2.24, 2.45) is 0 Å². The molecule has 0 aliphatic carbocycles. The zero-order chi connectivity index (χ0) is 15.2. The predicted molar refractivity (Wildman–Crippen MR) is 79.2 cm³/mol. The summed E-state index contributed by atoms with van der Waals surface area (Å²) in [6.45, 7) is 5.02. The number of piperazine rings is 1. The van der Waals surface area contributed by atoms with Gasteiger partial charge in [0, 0.05) is 26.2 Å². The van der Waals surface area contributed by atoms with Gasteiger partial charge in [-0.25, -0.2) is 4.39 Å². The van der Waals surface area contributed by atoms with Crippen LogP contribution in [0.2, 0.25) is 0 Å². The minimum absolute atomic E-state index is 0.0416. The molecule has 1 unspecified atom stereocenters. The lowest BCUT2D eigenvalue weighted by Gasteiger charge is -2.38. The molecule has 1 aliphatic heterocycles. The SMILES string of the molecule is CCCC(C#N)N1CCN(c2cccc(F)c2C#N)CC1. The number of hydrogen-bond donors (Lipinski definition) is 0. The first-order valence-electron chi connectivity index (χ1n) is 7.28. The van der Waals surface area contributed by atoms with Gasteiger partial charge >= 0.3 is 0 Å². The van der Waals surface area contributed by atoms with Gasteiger partial charge in [-0.05, 0) is 18.6 Å². The standard InChI is InChI=1S/C16H19FN4/c1-2-4-13(11-18)20-7-9-21(10-8-20)16-6-3-5-15(17)14(16)12-19/h3,5-6,13H,2,4,7-10H2,1H3. The third kappa shape index (κ3) is 3.32. The summed E-state index contributed by atoms with van der Waals surface area (Å²) in [5, 5.41) is 18.3. The number of benzene rings is 1. The van der Waals surface area contributed by atoms with Crippen molar-refractivity contribution in [3.63, 3.8) is 0 Å². The van der Waals surface area contributed by atoms with Crippen LogP contribution in [0.15, 0.2) is 18.2 Å². The van der Waals surface area contributed by atoms with Crippen molar-refractivity contribution in [3.8, 4) is 12.1 Å². The Hall–Kier alpha value is -2.11. The highest BCUT2D eigenvalue weighted by Gasteiger charge is 2.24. The molecule has 0 spiro atoms. The van der Waals surface area contributed by atoms with Gasteiger partial charge in [0.1, 0.15) is 17.4 Å². The second kappa shape index (κ2) is 7.06. The van der Waals surface area contributed by atoms with Gasteiger partial charge in [0.05, 0.1) is 17.8 Å². The lowest BCUT2D eigenvalue weighted by Crippen LogP contribution is -2.50. The Morgan fingerprint density at radius 2 is 1.95 bits per heavy atom. The van der Waals surface area contributed by atoms with Crippen LogP contribution >= 0.6 is 0 Å². The number of nitrogens with zero attached hydrogens (tertiary/aromatic N) is 4. The molecule has 21 heavy (non-hydrogen) atoms. The fraction of sp³-hybridized carbons (Fsp3) is 0.500. The zero-order valence-electron chi connectivity index (χ0n) is 12.2. The van der Waals surface area contributed by atoms with Crippen LogP contribution in [-0.2, 0) is 0 Å². The quantitative estimate of drug-likeness (QED) is 0.853. The van der Waals surface area contributed by atoms with Crippen molar-refractivity contribution < 1.29 is 4.39 Å². The number of hydrogen-bond acceptors (Lipinski definition) is 4. The summed E-state index contributed by atoms with van der Waals surface area (Å²) in [7, 11) is 0. The first-order chi connectivity index (χ1) is 10.2. The average Bonchev–Trinajstić information content (AvgIpc) is 2.52. The number of rotatable bonds is 4. The van der Waals surface area contributed by atoms with Crippen molar-refractivity contribution in [1.29, 1.82) is 10.5 Å². The summed E-state index contributed by atoms with van der Waals surface area (Å²) in [4.78, 5) is 4.20. The summed E-state index contributed by atoms with van der Waals surface area (Å²) in [5.74, 6) is -0.474. The lowest BCUT2D eigenvalue weighted by atomic mass is 10.1. The summed E-state index contributed by atoms with van der Waals surface area (Å²) < 4.78 is 13.7. The first-order valence-corrected chi connectivity index (χ1v) is 7.28. The van der Waals surface area contributed by atoms with Crippen LogP contribution in [0, 0.1) is 28.5 Å². The zero-order valence-corrected chi connectivity index (χ0v) is 12.2. The molecule has 1 atom stereocenters. The molecule has 1 heterocycles. The van der Waals surface area contributed by atoms with Crippen molar-refractivity contribution in [2.45, 2.75) is 25.8 Å². The molecule has 2 rings (SSSR count). The smallest absolute Gasteiger partial charge is 0.143 e. The second-order valence-corrected chi connectivity index (χ2v) is 5.20. The average molecular weight is 286 g/mol. The maximum Gasteiger partial charge on any atom is 0.143 e. The Balaban J connectivity index is 2.07. The molecule has 1 fully saturated rings. The molecular formula is C16H19FN4. The fourth-order valence-electron chi connectivity index (χ4n) is 2.76. The topological polar surface area (TPSA) is 54.1 Å². The fourth-order valence-corrected chi connectivity index (χ4v) is 2.76. The van der Waals surface area contributed by atoms with Crippen molar-refractivity contribution in [2.75, 3.05) is 31.1 Å². The second-order valence-electron chi connectivity index (χ2n) is 5.20. The van der Waals surface area contributed by atoms with Crippen LogP contribution < -0.4 is 4.90 Å². The lowest BCUT2D eigenvalue weighted by molar-refractivity contribution is 0.211. The van der Waals surface area contributed by atoms with Crippen molar-refractivity contribution in [3.05, 3.63) is 29.6 Å². The monoisotopic (exact) mass is 286 g/mol. The van der Waals surface area contributed by atoms with E-state index in [-0.39, 0.29) is 11.6 Å². The Morgan fingerprint density at radius 1 is 1.24 bits per heavy atom. The summed E-state index contributed by atoms with van der Waals surface area (Å²) >= 11 is 0. The van der Waals surface area contributed by atoms with Gasteiger partial charge in [-0.3, -0.25) is 4.90 Å². The maximum atomic E-state index is 13.7. The van der Waals surface area contributed by atoms with Crippen LogP contribution in [0.5, 0.6) is 0 Å². The molecule has 0 bridgehead atoms. The Kier molecular flexibility index (Phi) is 5.14. The molecule has 1 saturated heterocycles. The molecule has 1 aromatic carbocycles. The van der Waals surface area contributed by atoms with Gasteiger partial charge in [-0.2, -0.15) is 10.5 Å². The highest BCUT2D eigenvalue weighted by atomic mass is 19.1. The molecule has 1 aliphatic rings. The number of anilines is 1. The molecule has 0 saturated carbocycles. The van der Waals surface area contributed by atoms with E-state index < -0.39 is 5.82 Å². The van der Waals surface area contributed by atoms with E-state index in [1.807, 2.05) is 11.0 Å². The molecule has 110 valence electrons. The number of nitriles is 2. The minimum Gasteiger partial charge on any atom is -0.368 e. The van der Waals surface area contributed by atoms with E-state index in [2.05, 4.69) is 17.9 Å². The molecule has 5 heteroatoms. The first kappa shape index (κ1) is 15.3. The normalized spacial score (nSPS) is 17.0. The van der Waals surface area contributed by atoms with Crippen LogP contribution in [0.4, 0.5) is 10.1 Å². The van der Waals surface area contributed by atoms with Gasteiger partial charge in [0.15, 0.2) is 0 Å². The van der Waals surface area contributed by atoms with E-state index in [4.69, 9.17) is 5.26 Å². The van der Waals surface area contributed by atoms with Crippen molar-refractivity contribution >= 4 is 5.69 Å². The maximum absolute atomic E-state index is 13.7. The Labute approximate surface area is 125 Å². The highest BCUT2D eigenvalue weighted by Crippen LogP contribution is 2.24. The summed E-state index contributed by atoms with van der Waals surface area (Å²) in [6, 6.07) is 8.98. The minimum atomic E-state index is -0.474. The highest BCUT2D eigenvalue weighted by molar-refractivity contribution is 5.60. The molecule has 0 radical (unpaired) electrons. The van der Waals surface area contributed by atoms with Crippen LogP contribution in [-0.4, -0.2) is 37.1 Å². The van der Waals surface area contributed by atoms with E-state index in [0.717, 1.165) is 25.9 Å². The predicted octanol–water partition coefficient (Wildman–Crippen LogP) is 2.51. The van der Waals surface area contributed by atoms with E-state index in [9.17, 15) is 9.65 Å². The molecule has 0 amide bonds. The Bertz CT molecular complexity index is 565. The Morgan fingerprint density at radius 3 is 2.52 bits per heavy atom. The van der Waals surface area contributed by atoms with E-state index in [0.29, 0.717) is 18.8 Å². The third-order valence-electron chi connectivity index (χ3n) is 3.91. The van der Waals surface area contributed by atoms with Crippen molar-refractivity contribution in [1.82, 2.24) is 4.90 Å². The number of halogens is 1. The van der Waals surface area contributed by atoms with Crippen LogP contribution in [0.1, 0.15) is 25.3 Å². The van der Waals surface area contributed by atoms with Gasteiger partial charge < -0.3 is 4.90 Å².